The summed E-state index contributed by atoms with van der Waals surface area (Å²) in [6.07, 6.45) is 0. The zero-order valence-electron chi connectivity index (χ0n) is 14.5. The summed E-state index contributed by atoms with van der Waals surface area (Å²) in [5, 5.41) is 0. The minimum absolute atomic E-state index is 0. The van der Waals surface area contributed by atoms with Gasteiger partial charge in [0.15, 0.2) is 0 Å². The fourth-order valence-electron chi connectivity index (χ4n) is 0. The predicted molar refractivity (Wildman–Crippen MR) is 38.8 cm³/mol. The molecule has 0 aromatic carbocycles. The van der Waals surface area contributed by atoms with Gasteiger partial charge in [-0.25, -0.2) is 0 Å². The standard InChI is InChI=1S/8Na.4H2O3S/c;;;;;;;;4*1-4(2)3/h;;;;;;;;4*(H2,1,2,3)/q8*+1;;;;/p-8. The molecule has 0 saturated carbocycles. The van der Waals surface area contributed by atoms with Gasteiger partial charge < -0.3 is 36.4 Å². The Kier molecular flexibility index (Phi) is 223. The molecule has 104 valence electrons. The zero-order valence-corrected chi connectivity index (χ0v) is 33.8. The van der Waals surface area contributed by atoms with Crippen LogP contribution in [0.3, 0.4) is 0 Å². The van der Waals surface area contributed by atoms with Crippen LogP contribution in [0.15, 0.2) is 0 Å². The molecule has 0 saturated heterocycles. The maximum absolute atomic E-state index is 8.44. The molecule has 0 unspecified atom stereocenters. The van der Waals surface area contributed by atoms with Crippen molar-refractivity contribution in [1.82, 2.24) is 0 Å². The van der Waals surface area contributed by atoms with Crippen molar-refractivity contribution in [2.75, 3.05) is 0 Å². The van der Waals surface area contributed by atoms with E-state index in [2.05, 4.69) is 0 Å². The van der Waals surface area contributed by atoms with Crippen LogP contribution in [0.2, 0.25) is 0 Å². The van der Waals surface area contributed by atoms with Gasteiger partial charge in [-0.05, 0) is 0 Å². The van der Waals surface area contributed by atoms with Crippen molar-refractivity contribution >= 4 is 45.4 Å². The molecule has 0 aromatic rings. The summed E-state index contributed by atoms with van der Waals surface area (Å²) in [7, 11) is 0. The zero-order chi connectivity index (χ0) is 14.3. The first-order valence-corrected chi connectivity index (χ1v) is 6.00. The molecule has 0 bridgehead atoms. The van der Waals surface area contributed by atoms with Gasteiger partial charge in [-0.15, -0.1) is 45.4 Å². The Morgan fingerprint density at radius 1 is 0.292 bits per heavy atom. The Hall–Kier alpha value is 8.28. The van der Waals surface area contributed by atoms with E-state index in [1.165, 1.54) is 0 Å². The predicted octanol–water partition coefficient (Wildman–Crippen LogP) is -28.0. The monoisotopic (exact) mass is 504 g/mol. The molecule has 12 nitrogen and oxygen atoms in total. The van der Waals surface area contributed by atoms with Gasteiger partial charge in [-0.2, -0.15) is 0 Å². The molecule has 0 radical (unpaired) electrons. The third-order valence-electron chi connectivity index (χ3n) is 0. The molecule has 0 aliphatic heterocycles. The van der Waals surface area contributed by atoms with E-state index in [0.29, 0.717) is 0 Å². The largest absolute Gasteiger partial charge is 1.00 e. The average molecular weight is 504 g/mol. The SMILES string of the molecule is O=S([O-])[O-].O=S([O-])[O-].O=S([O-])[O-].O=S([O-])[O-].[Na+].[Na+].[Na+].[Na+].[Na+].[Na+].[Na+].[Na+]. The molecule has 0 amide bonds. The van der Waals surface area contributed by atoms with Gasteiger partial charge >= 0.3 is 236 Å². The van der Waals surface area contributed by atoms with Crippen molar-refractivity contribution in [3.8, 4) is 0 Å². The van der Waals surface area contributed by atoms with Crippen LogP contribution in [0.1, 0.15) is 0 Å². The summed E-state index contributed by atoms with van der Waals surface area (Å²) in [5.41, 5.74) is 0. The second-order valence-corrected chi connectivity index (χ2v) is 2.45. The van der Waals surface area contributed by atoms with Crippen molar-refractivity contribution in [1.29, 1.82) is 0 Å². The first-order chi connectivity index (χ1) is 6.93. The van der Waals surface area contributed by atoms with Crippen molar-refractivity contribution < 1.29 is 290 Å². The molecule has 24 heavy (non-hydrogen) atoms. The van der Waals surface area contributed by atoms with Gasteiger partial charge in [0.2, 0.25) is 0 Å². The minimum Gasteiger partial charge on any atom is -0.784 e. The summed E-state index contributed by atoms with van der Waals surface area (Å²) >= 11 is -12.4. The van der Waals surface area contributed by atoms with E-state index in [-0.39, 0.29) is 236 Å². The van der Waals surface area contributed by atoms with Gasteiger partial charge in [0.1, 0.15) is 0 Å². The van der Waals surface area contributed by atoms with Crippen LogP contribution in [-0.4, -0.2) is 53.3 Å². The minimum atomic E-state index is -3.11. The Morgan fingerprint density at radius 2 is 0.292 bits per heavy atom. The third-order valence-corrected chi connectivity index (χ3v) is 0. The van der Waals surface area contributed by atoms with Crippen molar-refractivity contribution in [3.63, 3.8) is 0 Å². The molecule has 0 fully saturated rings. The fraction of sp³-hybridized carbons (Fsp3) is 0. The van der Waals surface area contributed by atoms with Crippen LogP contribution in [0.25, 0.3) is 0 Å². The first kappa shape index (κ1) is 76.8. The molecule has 24 heteroatoms. The fourth-order valence-corrected chi connectivity index (χ4v) is 0. The quantitative estimate of drug-likeness (QED) is 0.220. The molecular formula is Na8O12S4. The smallest absolute Gasteiger partial charge is 0.784 e. The van der Waals surface area contributed by atoms with Crippen LogP contribution < -0.4 is 236 Å². The van der Waals surface area contributed by atoms with Crippen LogP contribution >= 0.6 is 0 Å². The van der Waals surface area contributed by atoms with Gasteiger partial charge in [-0.3, -0.25) is 16.8 Å². The molecule has 0 spiro atoms. The summed E-state index contributed by atoms with van der Waals surface area (Å²) in [6, 6.07) is 0. The molecule has 0 aliphatic carbocycles. The average Bonchev–Trinajstić information content (AvgIpc) is 1.76. The Labute approximate surface area is 326 Å². The van der Waals surface area contributed by atoms with Crippen LogP contribution in [0.4, 0.5) is 0 Å². The van der Waals surface area contributed by atoms with E-state index >= 15 is 0 Å². The van der Waals surface area contributed by atoms with E-state index in [0.717, 1.165) is 0 Å². The van der Waals surface area contributed by atoms with E-state index < -0.39 is 45.4 Å². The summed E-state index contributed by atoms with van der Waals surface area (Å²) < 4.78 is 101. The van der Waals surface area contributed by atoms with Gasteiger partial charge in [0.05, 0.1) is 0 Å². The van der Waals surface area contributed by atoms with E-state index in [1.807, 2.05) is 0 Å². The van der Waals surface area contributed by atoms with Crippen molar-refractivity contribution in [3.05, 3.63) is 0 Å². The molecular weight excluding hydrogens is 504 g/mol. The molecule has 0 heterocycles. The third kappa shape index (κ3) is 379. The van der Waals surface area contributed by atoms with Gasteiger partial charge in [0.25, 0.3) is 0 Å². The van der Waals surface area contributed by atoms with Crippen LogP contribution in [0, 0.1) is 0 Å². The molecule has 0 atom stereocenters. The Bertz CT molecular complexity index is 175. The summed E-state index contributed by atoms with van der Waals surface area (Å²) in [4.78, 5) is 0. The summed E-state index contributed by atoms with van der Waals surface area (Å²) in [6.45, 7) is 0. The number of hydrogen-bond acceptors (Lipinski definition) is 12. The van der Waals surface area contributed by atoms with E-state index in [9.17, 15) is 0 Å². The molecule has 0 N–H and O–H groups in total. The van der Waals surface area contributed by atoms with Crippen molar-refractivity contribution in [2.24, 2.45) is 0 Å². The van der Waals surface area contributed by atoms with Crippen LogP contribution in [0.5, 0.6) is 0 Å². The van der Waals surface area contributed by atoms with Gasteiger partial charge in [-0.1, -0.05) is 0 Å². The number of rotatable bonds is 0. The van der Waals surface area contributed by atoms with Gasteiger partial charge in [0, 0.05) is 0 Å². The molecule has 0 aromatic heterocycles. The second-order valence-electron chi connectivity index (χ2n) is 0.816. The Balaban J connectivity index is -0.00000000720. The molecule has 0 aliphatic rings. The summed E-state index contributed by atoms with van der Waals surface area (Å²) in [5.74, 6) is 0. The Morgan fingerprint density at radius 3 is 0.292 bits per heavy atom. The topological polar surface area (TPSA) is 253 Å². The van der Waals surface area contributed by atoms with Crippen LogP contribution in [-0.2, 0) is 45.4 Å². The number of hydrogen-bond donors (Lipinski definition) is 0. The van der Waals surface area contributed by atoms with Crippen molar-refractivity contribution in [2.45, 2.75) is 0 Å². The normalized spacial score (nSPS) is 5.83. The first-order valence-electron chi connectivity index (χ1n) is 2.00. The molecule has 0 rings (SSSR count). The van der Waals surface area contributed by atoms with E-state index in [4.69, 9.17) is 53.3 Å². The second kappa shape index (κ2) is 69.7. The maximum atomic E-state index is 8.44. The van der Waals surface area contributed by atoms with E-state index in [1.54, 1.807) is 0 Å². The maximum Gasteiger partial charge on any atom is 1.00 e.